The van der Waals surface area contributed by atoms with Gasteiger partial charge in [0.25, 0.3) is 0 Å². The number of carbonyl (C=O) groups excluding carboxylic acids is 1. The lowest BCUT2D eigenvalue weighted by atomic mass is 10.1. The Bertz CT molecular complexity index is 541. The summed E-state index contributed by atoms with van der Waals surface area (Å²) in [7, 11) is 0. The van der Waals surface area contributed by atoms with Gasteiger partial charge in [0.2, 0.25) is 0 Å². The lowest BCUT2D eigenvalue weighted by Crippen LogP contribution is -2.05. The fraction of sp³-hybridized carbons (Fsp3) is 0.308. The molecule has 0 spiro atoms. The number of nitrogens with zero attached hydrogens (tertiary/aromatic N) is 2. The van der Waals surface area contributed by atoms with Crippen LogP contribution in [0.15, 0.2) is 18.3 Å². The van der Waals surface area contributed by atoms with Crippen LogP contribution in [0.1, 0.15) is 31.6 Å². The van der Waals surface area contributed by atoms with Gasteiger partial charge in [0.05, 0.1) is 12.1 Å². The Balaban J connectivity index is 2.17. The summed E-state index contributed by atoms with van der Waals surface area (Å²) in [6, 6.07) is 3.70. The van der Waals surface area contributed by atoms with Crippen LogP contribution in [0.4, 0.5) is 0 Å². The normalized spacial score (nSPS) is 10.5. The Morgan fingerprint density at radius 2 is 2.12 bits per heavy atom. The summed E-state index contributed by atoms with van der Waals surface area (Å²) in [4.78, 5) is 21.6. The third-order valence-corrected chi connectivity index (χ3v) is 3.66. The van der Waals surface area contributed by atoms with Crippen LogP contribution in [-0.2, 0) is 6.42 Å². The SMILES string of the molecule is Cc1ccnc(C(=O)Cc2nc(C)c(C)s2)c1. The molecule has 88 valence electrons. The molecule has 0 saturated carbocycles. The van der Waals surface area contributed by atoms with E-state index in [1.54, 1.807) is 17.5 Å². The van der Waals surface area contributed by atoms with Crippen molar-refractivity contribution in [1.82, 2.24) is 9.97 Å². The molecule has 0 aliphatic heterocycles. The van der Waals surface area contributed by atoms with Gasteiger partial charge in [-0.1, -0.05) is 0 Å². The third-order valence-electron chi connectivity index (χ3n) is 2.59. The molecule has 2 rings (SSSR count). The van der Waals surface area contributed by atoms with Crippen molar-refractivity contribution in [2.75, 3.05) is 0 Å². The Labute approximate surface area is 105 Å². The van der Waals surface area contributed by atoms with Crippen LogP contribution >= 0.6 is 11.3 Å². The standard InChI is InChI=1S/C13H14N2OS/c1-8-4-5-14-11(6-8)12(16)7-13-15-9(2)10(3)17-13/h4-6H,7H2,1-3H3. The maximum Gasteiger partial charge on any atom is 0.187 e. The minimum Gasteiger partial charge on any atom is -0.292 e. The van der Waals surface area contributed by atoms with Gasteiger partial charge in [0.1, 0.15) is 10.7 Å². The van der Waals surface area contributed by atoms with Gasteiger partial charge in [-0.2, -0.15) is 0 Å². The van der Waals surface area contributed by atoms with E-state index in [0.29, 0.717) is 12.1 Å². The molecule has 3 nitrogen and oxygen atoms in total. The number of Topliss-reactive ketones (excluding diaryl/α,β-unsaturated/α-hetero) is 1. The molecule has 0 unspecified atom stereocenters. The monoisotopic (exact) mass is 246 g/mol. The topological polar surface area (TPSA) is 42.9 Å². The highest BCUT2D eigenvalue weighted by Gasteiger charge is 2.12. The molecule has 0 amide bonds. The fourth-order valence-corrected chi connectivity index (χ4v) is 2.46. The molecule has 0 fully saturated rings. The molecule has 0 radical (unpaired) electrons. The van der Waals surface area contributed by atoms with E-state index in [1.807, 2.05) is 32.9 Å². The van der Waals surface area contributed by atoms with Crippen LogP contribution < -0.4 is 0 Å². The Hall–Kier alpha value is -1.55. The molecule has 0 atom stereocenters. The number of hydrogen-bond acceptors (Lipinski definition) is 4. The summed E-state index contributed by atoms with van der Waals surface area (Å²) < 4.78 is 0. The van der Waals surface area contributed by atoms with Crippen LogP contribution in [-0.4, -0.2) is 15.8 Å². The molecule has 0 aliphatic rings. The van der Waals surface area contributed by atoms with Crippen molar-refractivity contribution in [3.05, 3.63) is 45.2 Å². The first kappa shape index (κ1) is 11.9. The number of thiazole rings is 1. The van der Waals surface area contributed by atoms with E-state index < -0.39 is 0 Å². The number of ketones is 1. The van der Waals surface area contributed by atoms with E-state index in [0.717, 1.165) is 16.3 Å². The summed E-state index contributed by atoms with van der Waals surface area (Å²) >= 11 is 1.58. The van der Waals surface area contributed by atoms with Crippen LogP contribution in [0.25, 0.3) is 0 Å². The average Bonchev–Trinajstić information content (AvgIpc) is 2.58. The number of pyridine rings is 1. The maximum atomic E-state index is 12.0. The van der Waals surface area contributed by atoms with E-state index in [1.165, 1.54) is 4.88 Å². The summed E-state index contributed by atoms with van der Waals surface area (Å²) in [6.45, 7) is 5.94. The predicted molar refractivity (Wildman–Crippen MR) is 68.6 cm³/mol. The average molecular weight is 246 g/mol. The van der Waals surface area contributed by atoms with Crippen molar-refractivity contribution >= 4 is 17.1 Å². The smallest absolute Gasteiger partial charge is 0.187 e. The second-order valence-corrected chi connectivity index (χ2v) is 5.36. The summed E-state index contributed by atoms with van der Waals surface area (Å²) in [5.74, 6) is 0.0300. The highest BCUT2D eigenvalue weighted by Crippen LogP contribution is 2.18. The lowest BCUT2D eigenvalue weighted by Gasteiger charge is -1.98. The Morgan fingerprint density at radius 3 is 2.71 bits per heavy atom. The first-order valence-electron chi connectivity index (χ1n) is 5.45. The van der Waals surface area contributed by atoms with Gasteiger partial charge < -0.3 is 0 Å². The van der Waals surface area contributed by atoms with E-state index >= 15 is 0 Å². The number of carbonyl (C=O) groups is 1. The van der Waals surface area contributed by atoms with Gasteiger partial charge >= 0.3 is 0 Å². The number of aromatic nitrogens is 2. The molecule has 0 N–H and O–H groups in total. The van der Waals surface area contributed by atoms with Gasteiger partial charge in [0.15, 0.2) is 5.78 Å². The first-order chi connectivity index (χ1) is 8.06. The minimum absolute atomic E-state index is 0.0300. The van der Waals surface area contributed by atoms with Crippen LogP contribution in [0, 0.1) is 20.8 Å². The quantitative estimate of drug-likeness (QED) is 0.782. The second-order valence-electron chi connectivity index (χ2n) is 4.07. The van der Waals surface area contributed by atoms with Crippen molar-refractivity contribution in [3.63, 3.8) is 0 Å². The zero-order chi connectivity index (χ0) is 12.4. The van der Waals surface area contributed by atoms with Crippen LogP contribution in [0.3, 0.4) is 0 Å². The molecule has 2 heterocycles. The molecular formula is C13H14N2OS. The van der Waals surface area contributed by atoms with Crippen molar-refractivity contribution in [3.8, 4) is 0 Å². The zero-order valence-electron chi connectivity index (χ0n) is 10.2. The van der Waals surface area contributed by atoms with E-state index in [2.05, 4.69) is 9.97 Å². The Morgan fingerprint density at radius 1 is 1.35 bits per heavy atom. The van der Waals surface area contributed by atoms with Crippen molar-refractivity contribution < 1.29 is 4.79 Å². The third kappa shape index (κ3) is 2.77. The number of rotatable bonds is 3. The summed E-state index contributed by atoms with van der Waals surface area (Å²) in [6.07, 6.45) is 2.01. The minimum atomic E-state index is 0.0300. The zero-order valence-corrected chi connectivity index (χ0v) is 11.0. The largest absolute Gasteiger partial charge is 0.292 e. The second kappa shape index (κ2) is 4.75. The first-order valence-corrected chi connectivity index (χ1v) is 6.26. The van der Waals surface area contributed by atoms with Crippen LogP contribution in [0.2, 0.25) is 0 Å². The van der Waals surface area contributed by atoms with Gasteiger partial charge in [-0.05, 0) is 38.5 Å². The van der Waals surface area contributed by atoms with Crippen molar-refractivity contribution in [1.29, 1.82) is 0 Å². The molecule has 0 aromatic carbocycles. The highest BCUT2D eigenvalue weighted by atomic mass is 32.1. The molecule has 0 bridgehead atoms. The molecule has 0 aliphatic carbocycles. The Kier molecular flexibility index (Phi) is 3.33. The van der Waals surface area contributed by atoms with Gasteiger partial charge in [0, 0.05) is 11.1 Å². The van der Waals surface area contributed by atoms with E-state index in [4.69, 9.17) is 0 Å². The highest BCUT2D eigenvalue weighted by molar-refractivity contribution is 7.11. The van der Waals surface area contributed by atoms with E-state index in [9.17, 15) is 4.79 Å². The molecule has 17 heavy (non-hydrogen) atoms. The molecular weight excluding hydrogens is 232 g/mol. The van der Waals surface area contributed by atoms with Crippen molar-refractivity contribution in [2.45, 2.75) is 27.2 Å². The van der Waals surface area contributed by atoms with E-state index in [-0.39, 0.29) is 5.78 Å². The van der Waals surface area contributed by atoms with Gasteiger partial charge in [-0.15, -0.1) is 11.3 Å². The summed E-state index contributed by atoms with van der Waals surface area (Å²) in [5, 5.41) is 0.869. The molecule has 4 heteroatoms. The number of hydrogen-bond donors (Lipinski definition) is 0. The van der Waals surface area contributed by atoms with Crippen molar-refractivity contribution in [2.24, 2.45) is 0 Å². The number of aryl methyl sites for hydroxylation is 3. The lowest BCUT2D eigenvalue weighted by molar-refractivity contribution is 0.0988. The fourth-order valence-electron chi connectivity index (χ4n) is 1.53. The van der Waals surface area contributed by atoms with Gasteiger partial charge in [-0.25, -0.2) is 4.98 Å². The maximum absolute atomic E-state index is 12.0. The molecule has 2 aromatic heterocycles. The van der Waals surface area contributed by atoms with Gasteiger partial charge in [-0.3, -0.25) is 9.78 Å². The molecule has 2 aromatic rings. The molecule has 0 saturated heterocycles. The predicted octanol–water partition coefficient (Wildman–Crippen LogP) is 2.89. The van der Waals surface area contributed by atoms with Crippen LogP contribution in [0.5, 0.6) is 0 Å². The summed E-state index contributed by atoms with van der Waals surface area (Å²) in [5.41, 5.74) is 2.58.